The summed E-state index contributed by atoms with van der Waals surface area (Å²) in [6, 6.07) is 0. The number of nitrogens with one attached hydrogen (secondary N) is 1. The summed E-state index contributed by atoms with van der Waals surface area (Å²) >= 11 is 5.55. The third-order valence-corrected chi connectivity index (χ3v) is 1.13. The highest BCUT2D eigenvalue weighted by Gasteiger charge is 1.93. The lowest BCUT2D eigenvalue weighted by atomic mass is 10.7. The predicted molar refractivity (Wildman–Crippen MR) is 45.4 cm³/mol. The van der Waals surface area contributed by atoms with Gasteiger partial charge in [-0.1, -0.05) is 17.5 Å². The van der Waals surface area contributed by atoms with Crippen molar-refractivity contribution in [3.05, 3.63) is 17.4 Å². The maximum atomic E-state index is 5.55. The summed E-state index contributed by atoms with van der Waals surface area (Å²) < 4.78 is 0. The average Bonchev–Trinajstić information content (AvgIpc) is 2.09. The second kappa shape index (κ2) is 4.54. The zero-order chi connectivity index (χ0) is 8.81. The highest BCUT2D eigenvalue weighted by molar-refractivity contribution is 6.30. The summed E-state index contributed by atoms with van der Waals surface area (Å²) in [4.78, 5) is 12.4. The SMILES string of the molecule is C#CCONc1ncc(Cl)cn1. The number of aromatic nitrogens is 2. The van der Waals surface area contributed by atoms with Crippen LogP contribution in [0.4, 0.5) is 5.95 Å². The van der Waals surface area contributed by atoms with Crippen LogP contribution in [-0.2, 0) is 4.84 Å². The molecule has 0 amide bonds. The highest BCUT2D eigenvalue weighted by Crippen LogP contribution is 2.04. The minimum atomic E-state index is 0.159. The summed E-state index contributed by atoms with van der Waals surface area (Å²) in [6.07, 6.45) is 7.85. The summed E-state index contributed by atoms with van der Waals surface area (Å²) in [7, 11) is 0. The molecule has 1 aromatic rings. The van der Waals surface area contributed by atoms with Crippen LogP contribution in [-0.4, -0.2) is 16.6 Å². The second-order valence-electron chi connectivity index (χ2n) is 1.82. The molecule has 0 saturated heterocycles. The van der Waals surface area contributed by atoms with Crippen LogP contribution in [0.25, 0.3) is 0 Å². The number of rotatable bonds is 3. The molecule has 0 aromatic carbocycles. The Bertz CT molecular complexity index is 280. The van der Waals surface area contributed by atoms with Gasteiger partial charge in [0, 0.05) is 0 Å². The van der Waals surface area contributed by atoms with Crippen LogP contribution >= 0.6 is 11.6 Å². The Balaban J connectivity index is 2.43. The Labute approximate surface area is 74.9 Å². The van der Waals surface area contributed by atoms with E-state index in [1.54, 1.807) is 0 Å². The van der Waals surface area contributed by atoms with Gasteiger partial charge in [0.1, 0.15) is 6.61 Å². The van der Waals surface area contributed by atoms with Gasteiger partial charge in [-0.05, 0) is 0 Å². The molecule has 12 heavy (non-hydrogen) atoms. The van der Waals surface area contributed by atoms with Crippen LogP contribution in [0, 0.1) is 12.3 Å². The van der Waals surface area contributed by atoms with Crippen LogP contribution in [0.15, 0.2) is 12.4 Å². The van der Waals surface area contributed by atoms with Gasteiger partial charge >= 0.3 is 0 Å². The number of terminal acetylenes is 1. The van der Waals surface area contributed by atoms with Gasteiger partial charge in [0.25, 0.3) is 0 Å². The van der Waals surface area contributed by atoms with Crippen molar-refractivity contribution in [2.24, 2.45) is 0 Å². The van der Waals surface area contributed by atoms with E-state index in [9.17, 15) is 0 Å². The van der Waals surface area contributed by atoms with E-state index in [2.05, 4.69) is 21.4 Å². The monoisotopic (exact) mass is 183 g/mol. The predicted octanol–water partition coefficient (Wildman–Crippen LogP) is 1.11. The first-order chi connectivity index (χ1) is 5.83. The van der Waals surface area contributed by atoms with Crippen LogP contribution in [0.5, 0.6) is 0 Å². The Kier molecular flexibility index (Phi) is 3.33. The van der Waals surface area contributed by atoms with Gasteiger partial charge in [0.2, 0.25) is 5.95 Å². The molecule has 4 nitrogen and oxygen atoms in total. The molecule has 5 heteroatoms. The Hall–Kier alpha value is -1.31. The molecule has 0 radical (unpaired) electrons. The van der Waals surface area contributed by atoms with Crippen molar-refractivity contribution in [2.45, 2.75) is 0 Å². The Morgan fingerprint density at radius 2 is 2.25 bits per heavy atom. The van der Waals surface area contributed by atoms with Gasteiger partial charge in [-0.2, -0.15) is 0 Å². The van der Waals surface area contributed by atoms with E-state index in [1.165, 1.54) is 12.4 Å². The van der Waals surface area contributed by atoms with Crippen molar-refractivity contribution in [3.63, 3.8) is 0 Å². The summed E-state index contributed by atoms with van der Waals surface area (Å²) in [5, 5.41) is 0.470. The first-order valence-electron chi connectivity index (χ1n) is 3.11. The number of halogens is 1. The molecule has 1 rings (SSSR count). The fourth-order valence-corrected chi connectivity index (χ4v) is 0.605. The Morgan fingerprint density at radius 1 is 1.58 bits per heavy atom. The topological polar surface area (TPSA) is 47.0 Å². The lowest BCUT2D eigenvalue weighted by molar-refractivity contribution is 0.230. The zero-order valence-corrected chi connectivity index (χ0v) is 6.88. The van der Waals surface area contributed by atoms with Crippen molar-refractivity contribution < 1.29 is 4.84 Å². The molecule has 0 spiro atoms. The molecule has 62 valence electrons. The minimum Gasteiger partial charge on any atom is -0.261 e. The van der Waals surface area contributed by atoms with Crippen molar-refractivity contribution in [3.8, 4) is 12.3 Å². The first-order valence-corrected chi connectivity index (χ1v) is 3.49. The molecule has 0 fully saturated rings. The van der Waals surface area contributed by atoms with Gasteiger partial charge in [-0.25, -0.2) is 15.4 Å². The molecule has 0 aliphatic carbocycles. The van der Waals surface area contributed by atoms with Crippen molar-refractivity contribution >= 4 is 17.5 Å². The average molecular weight is 184 g/mol. The number of anilines is 1. The lowest BCUT2D eigenvalue weighted by Gasteiger charge is -2.00. The summed E-state index contributed by atoms with van der Waals surface area (Å²) in [5.74, 6) is 2.61. The molecule has 0 bridgehead atoms. The van der Waals surface area contributed by atoms with E-state index >= 15 is 0 Å². The molecule has 1 N–H and O–H groups in total. The van der Waals surface area contributed by atoms with E-state index in [-0.39, 0.29) is 6.61 Å². The van der Waals surface area contributed by atoms with E-state index in [4.69, 9.17) is 22.9 Å². The van der Waals surface area contributed by atoms with Gasteiger partial charge in [-0.15, -0.1) is 6.42 Å². The molecular weight excluding hydrogens is 178 g/mol. The fraction of sp³-hybridized carbons (Fsp3) is 0.143. The minimum absolute atomic E-state index is 0.159. The quantitative estimate of drug-likeness (QED) is 0.433. The normalized spacial score (nSPS) is 9.00. The van der Waals surface area contributed by atoms with Crippen LogP contribution in [0.3, 0.4) is 0 Å². The van der Waals surface area contributed by atoms with Crippen LogP contribution in [0.2, 0.25) is 5.02 Å². The smallest absolute Gasteiger partial charge is 0.247 e. The largest absolute Gasteiger partial charge is 0.261 e. The van der Waals surface area contributed by atoms with Crippen molar-refractivity contribution in [1.29, 1.82) is 0 Å². The summed E-state index contributed by atoms with van der Waals surface area (Å²) in [6.45, 7) is 0.159. The van der Waals surface area contributed by atoms with Crippen molar-refractivity contribution in [2.75, 3.05) is 12.1 Å². The van der Waals surface area contributed by atoms with Gasteiger partial charge in [0.05, 0.1) is 17.4 Å². The van der Waals surface area contributed by atoms with E-state index in [1.807, 2.05) is 0 Å². The molecule has 0 saturated carbocycles. The van der Waals surface area contributed by atoms with Crippen LogP contribution < -0.4 is 5.48 Å². The molecule has 1 aromatic heterocycles. The number of hydrogen-bond acceptors (Lipinski definition) is 4. The first kappa shape index (κ1) is 8.78. The summed E-state index contributed by atoms with van der Waals surface area (Å²) in [5.41, 5.74) is 2.45. The number of nitrogens with zero attached hydrogens (tertiary/aromatic N) is 2. The third kappa shape index (κ3) is 2.74. The van der Waals surface area contributed by atoms with Gasteiger partial charge in [0.15, 0.2) is 0 Å². The second-order valence-corrected chi connectivity index (χ2v) is 2.26. The molecular formula is C7H6ClN3O. The van der Waals surface area contributed by atoms with E-state index in [0.29, 0.717) is 11.0 Å². The van der Waals surface area contributed by atoms with E-state index in [0.717, 1.165) is 0 Å². The highest BCUT2D eigenvalue weighted by atomic mass is 35.5. The maximum Gasteiger partial charge on any atom is 0.247 e. The third-order valence-electron chi connectivity index (χ3n) is 0.939. The van der Waals surface area contributed by atoms with Crippen molar-refractivity contribution in [1.82, 2.24) is 9.97 Å². The zero-order valence-electron chi connectivity index (χ0n) is 6.12. The van der Waals surface area contributed by atoms with Gasteiger partial charge in [-0.3, -0.25) is 4.84 Å². The molecule has 0 aliphatic rings. The molecule has 0 unspecified atom stereocenters. The maximum absolute atomic E-state index is 5.55. The van der Waals surface area contributed by atoms with Crippen LogP contribution in [0.1, 0.15) is 0 Å². The Morgan fingerprint density at radius 3 is 2.83 bits per heavy atom. The molecule has 1 heterocycles. The van der Waals surface area contributed by atoms with Gasteiger partial charge < -0.3 is 0 Å². The lowest BCUT2D eigenvalue weighted by Crippen LogP contribution is -2.04. The van der Waals surface area contributed by atoms with E-state index < -0.39 is 0 Å². The fourth-order valence-electron chi connectivity index (χ4n) is 0.507. The molecule has 0 atom stereocenters. The standard InChI is InChI=1S/C7H6ClN3O/c1-2-3-12-11-7-9-4-6(8)5-10-7/h1,4-5H,3H2,(H,9,10,11). The number of hydrogen-bond donors (Lipinski definition) is 1. The molecule has 0 aliphatic heterocycles.